The van der Waals surface area contributed by atoms with Crippen LogP contribution < -0.4 is 15.7 Å². The molecule has 4 N–H and O–H groups in total. The first-order chi connectivity index (χ1) is 17.2. The number of hydrogen-bond acceptors (Lipinski definition) is 11. The van der Waals surface area contributed by atoms with E-state index in [4.69, 9.17) is 26.2 Å². The fraction of sp³-hybridized carbons (Fsp3) is 0.636. The lowest BCUT2D eigenvalue weighted by molar-refractivity contribution is -0.148. The predicted octanol–water partition coefficient (Wildman–Crippen LogP) is 1.32. The molecule has 0 aliphatic carbocycles. The number of aliphatic hydroxyl groups is 1. The van der Waals surface area contributed by atoms with Gasteiger partial charge in [0.1, 0.15) is 24.9 Å². The molecule has 3 rings (SSSR count). The summed E-state index contributed by atoms with van der Waals surface area (Å²) in [4.78, 5) is 26.3. The maximum absolute atomic E-state index is 15.9. The molecule has 0 amide bonds. The van der Waals surface area contributed by atoms with Crippen LogP contribution >= 0.6 is 8.18 Å². The van der Waals surface area contributed by atoms with Crippen LogP contribution in [-0.2, 0) is 23.4 Å². The molecule has 1 aliphatic rings. The van der Waals surface area contributed by atoms with Gasteiger partial charge in [-0.05, 0) is 16.9 Å². The zero-order chi connectivity index (χ0) is 27.7. The van der Waals surface area contributed by atoms with Crippen molar-refractivity contribution in [3.05, 3.63) is 6.33 Å². The Hall–Kier alpha value is -2.95. The summed E-state index contributed by atoms with van der Waals surface area (Å²) in [6.45, 7) is 6.85. The quantitative estimate of drug-likeness (QED) is 0.237. The topological polar surface area (TPSA) is 167 Å². The van der Waals surface area contributed by atoms with Crippen molar-refractivity contribution in [3.63, 3.8) is 0 Å². The molecule has 0 saturated carbocycles. The van der Waals surface area contributed by atoms with Crippen molar-refractivity contribution in [2.24, 2.45) is 5.41 Å². The molecule has 37 heavy (non-hydrogen) atoms. The van der Waals surface area contributed by atoms with Crippen LogP contribution in [0.4, 0.5) is 16.2 Å². The molecule has 1 aliphatic heterocycles. The molecular weight excluding hydrogens is 508 g/mol. The van der Waals surface area contributed by atoms with Gasteiger partial charge in [-0.2, -0.15) is 9.97 Å². The largest absolute Gasteiger partial charge is 0.613 e. The number of fused-ring (bicyclic) bond motifs is 1. The van der Waals surface area contributed by atoms with Crippen LogP contribution in [-0.4, -0.2) is 81.8 Å². The van der Waals surface area contributed by atoms with Crippen LogP contribution in [0.5, 0.6) is 0 Å². The molecule has 202 valence electrons. The molecule has 0 aromatic carbocycles. The minimum atomic E-state index is -2.71. The van der Waals surface area contributed by atoms with Gasteiger partial charge in [0, 0.05) is 14.1 Å². The highest BCUT2D eigenvalue weighted by Gasteiger charge is 2.58. The zero-order valence-corrected chi connectivity index (χ0v) is 22.4. The van der Waals surface area contributed by atoms with Gasteiger partial charge in [-0.25, -0.2) is 9.37 Å². The van der Waals surface area contributed by atoms with Gasteiger partial charge in [0.25, 0.3) is 0 Å². The molecule has 15 heteroatoms. The van der Waals surface area contributed by atoms with Gasteiger partial charge in [-0.3, -0.25) is 9.36 Å². The van der Waals surface area contributed by atoms with Gasteiger partial charge in [-0.1, -0.05) is 31.8 Å². The van der Waals surface area contributed by atoms with E-state index in [0.717, 1.165) is 0 Å². The van der Waals surface area contributed by atoms with E-state index in [2.05, 4.69) is 20.0 Å². The Bertz CT molecular complexity index is 1210. The van der Waals surface area contributed by atoms with Crippen molar-refractivity contribution in [2.45, 2.75) is 57.8 Å². The Balaban J connectivity index is 1.72. The highest BCUT2D eigenvalue weighted by molar-refractivity contribution is 7.36. The van der Waals surface area contributed by atoms with E-state index in [1.54, 1.807) is 19.0 Å². The van der Waals surface area contributed by atoms with E-state index < -0.39 is 50.9 Å². The van der Waals surface area contributed by atoms with Crippen molar-refractivity contribution < 1.29 is 32.9 Å². The van der Waals surface area contributed by atoms with E-state index in [0.29, 0.717) is 11.3 Å². The molecule has 2 aromatic rings. The average Bonchev–Trinajstić information content (AvgIpc) is 3.33. The number of aromatic nitrogens is 4. The maximum Gasteiger partial charge on any atom is 0.613 e. The lowest BCUT2D eigenvalue weighted by Crippen LogP contribution is -2.42. The second-order valence-corrected chi connectivity index (χ2v) is 11.1. The van der Waals surface area contributed by atoms with Crippen LogP contribution in [0.3, 0.4) is 0 Å². The lowest BCUT2D eigenvalue weighted by Gasteiger charge is -2.23. The number of ether oxygens (including phenoxy) is 2. The number of rotatable bonds is 9. The van der Waals surface area contributed by atoms with Crippen molar-refractivity contribution in [1.29, 1.82) is 0 Å². The highest BCUT2D eigenvalue weighted by Crippen LogP contribution is 2.43. The number of imidazole rings is 1. The number of carbonyl (C=O) groups is 1. The molecule has 6 atom stereocenters. The SMILES string of the molecule is C#C[C@@]1(F)[C@H](O)[C@@H](CO[P+](=O)N[C@@H](C)C(=O)OCC(C)(C)C)O[C@H]1n1cnc2c(N(C)C)nc(N)nc21. The van der Waals surface area contributed by atoms with Gasteiger partial charge in [0.2, 0.25) is 11.6 Å². The van der Waals surface area contributed by atoms with Gasteiger partial charge >= 0.3 is 14.1 Å². The second-order valence-electron chi connectivity index (χ2n) is 10.1. The third kappa shape index (κ3) is 6.14. The number of nitrogen functional groups attached to an aromatic ring is 1. The van der Waals surface area contributed by atoms with Gasteiger partial charge in [0.05, 0.1) is 12.9 Å². The van der Waals surface area contributed by atoms with Crippen molar-refractivity contribution in [3.8, 4) is 12.3 Å². The highest BCUT2D eigenvalue weighted by atomic mass is 31.1. The maximum atomic E-state index is 15.9. The summed E-state index contributed by atoms with van der Waals surface area (Å²) in [5, 5.41) is 13.1. The van der Waals surface area contributed by atoms with Crippen molar-refractivity contribution >= 4 is 37.1 Å². The molecule has 1 unspecified atom stereocenters. The Labute approximate surface area is 214 Å². The number of anilines is 2. The van der Waals surface area contributed by atoms with Gasteiger partial charge in [-0.15, -0.1) is 10.9 Å². The molecule has 2 aromatic heterocycles. The Morgan fingerprint density at radius 3 is 2.76 bits per heavy atom. The molecule has 1 saturated heterocycles. The fourth-order valence-corrected chi connectivity index (χ4v) is 4.29. The number of alkyl halides is 1. The van der Waals surface area contributed by atoms with Crippen LogP contribution in [0, 0.1) is 17.8 Å². The molecule has 1 fully saturated rings. The number of carbonyl (C=O) groups excluding carboxylic acids is 1. The first kappa shape index (κ1) is 28.6. The number of nitrogens with zero attached hydrogens (tertiary/aromatic N) is 5. The average molecular weight is 541 g/mol. The van der Waals surface area contributed by atoms with E-state index in [1.807, 2.05) is 26.7 Å². The van der Waals surface area contributed by atoms with Crippen molar-refractivity contribution in [2.75, 3.05) is 37.9 Å². The van der Waals surface area contributed by atoms with Crippen LogP contribution in [0.15, 0.2) is 6.33 Å². The predicted molar refractivity (Wildman–Crippen MR) is 133 cm³/mol. The number of nitrogens with one attached hydrogen (secondary N) is 1. The van der Waals surface area contributed by atoms with Crippen LogP contribution in [0.2, 0.25) is 0 Å². The second kappa shape index (κ2) is 10.8. The fourth-order valence-electron chi connectivity index (χ4n) is 3.51. The molecular formula is C22H32FN7O6P+. The minimum Gasteiger partial charge on any atom is -0.464 e. The van der Waals surface area contributed by atoms with E-state index in [9.17, 15) is 14.5 Å². The van der Waals surface area contributed by atoms with E-state index in [-0.39, 0.29) is 23.6 Å². The third-order valence-corrected chi connectivity index (χ3v) is 6.40. The normalized spacial score (nSPS) is 25.1. The first-order valence-electron chi connectivity index (χ1n) is 11.4. The Morgan fingerprint density at radius 1 is 1.49 bits per heavy atom. The molecule has 0 radical (unpaired) electrons. The monoisotopic (exact) mass is 540 g/mol. The Kier molecular flexibility index (Phi) is 8.36. The standard InChI is InChI=1S/C22H32FN7O6P/c1-8-22(23)15(31)13(9-35-37(33)28-12(2)18(32)34-10-21(3,4)5)36-19(22)30-11-25-14-16(29(6)7)26-20(24)27-17(14)30/h1,11-13,15,19,31H,9-10H2,2-7H3,(H,28,33)(H2,24,26,27)/q+1/t12-,13+,15+,19+,22+/m0/s1. The summed E-state index contributed by atoms with van der Waals surface area (Å²) >= 11 is 0. The first-order valence-corrected chi connectivity index (χ1v) is 12.6. The van der Waals surface area contributed by atoms with Crippen LogP contribution in [0.25, 0.3) is 11.2 Å². The zero-order valence-electron chi connectivity index (χ0n) is 21.5. The molecule has 0 spiro atoms. The smallest absolute Gasteiger partial charge is 0.464 e. The van der Waals surface area contributed by atoms with Crippen LogP contribution in [0.1, 0.15) is 33.9 Å². The number of esters is 1. The minimum absolute atomic E-state index is 0.0836. The van der Waals surface area contributed by atoms with Crippen molar-refractivity contribution in [1.82, 2.24) is 24.6 Å². The third-order valence-electron chi connectivity index (χ3n) is 5.42. The summed E-state index contributed by atoms with van der Waals surface area (Å²) in [6, 6.07) is -0.938. The summed E-state index contributed by atoms with van der Waals surface area (Å²) in [6.07, 6.45) is 2.01. The summed E-state index contributed by atoms with van der Waals surface area (Å²) in [7, 11) is 0.861. The van der Waals surface area contributed by atoms with E-state index in [1.165, 1.54) is 17.8 Å². The summed E-state index contributed by atoms with van der Waals surface area (Å²) in [5.41, 5.74) is 3.34. The number of hydrogen-bond donors (Lipinski definition) is 3. The molecule has 0 bridgehead atoms. The number of aliphatic hydroxyl groups excluding tert-OH is 1. The summed E-state index contributed by atoms with van der Waals surface area (Å²) < 4.78 is 45.6. The Morgan fingerprint density at radius 2 is 2.16 bits per heavy atom. The van der Waals surface area contributed by atoms with E-state index >= 15 is 4.39 Å². The van der Waals surface area contributed by atoms with Gasteiger partial charge in [0.15, 0.2) is 23.2 Å². The van der Waals surface area contributed by atoms with Gasteiger partial charge < -0.3 is 25.2 Å². The number of halogens is 1. The number of terminal acetylenes is 1. The lowest BCUT2D eigenvalue weighted by atomic mass is 9.97. The summed E-state index contributed by atoms with van der Waals surface area (Å²) in [5.74, 6) is 1.65. The molecule has 13 nitrogen and oxygen atoms in total. The molecule has 3 heterocycles. The number of nitrogens with two attached hydrogens (primary N) is 1.